The third-order valence-corrected chi connectivity index (χ3v) is 4.22. The minimum atomic E-state index is -0.833. The maximum atomic E-state index is 12.4. The lowest BCUT2D eigenvalue weighted by Gasteiger charge is -2.23. The second-order valence-corrected chi connectivity index (χ2v) is 5.56. The lowest BCUT2D eigenvalue weighted by molar-refractivity contribution is -0.148. The number of amides is 1. The molecule has 1 heterocycles. The summed E-state index contributed by atoms with van der Waals surface area (Å²) in [6.45, 7) is 3.31. The average molecular weight is 255 g/mol. The van der Waals surface area contributed by atoms with Crippen LogP contribution in [0.15, 0.2) is 0 Å². The average Bonchev–Trinajstić information content (AvgIpc) is 2.94. The molecule has 2 unspecified atom stereocenters. The second-order valence-electron chi connectivity index (χ2n) is 5.56. The van der Waals surface area contributed by atoms with Gasteiger partial charge in [0.1, 0.15) is 0 Å². The van der Waals surface area contributed by atoms with Gasteiger partial charge in [-0.25, -0.2) is 0 Å². The van der Waals surface area contributed by atoms with Crippen molar-refractivity contribution in [2.75, 3.05) is 20.2 Å². The van der Waals surface area contributed by atoms with Gasteiger partial charge in [0.15, 0.2) is 0 Å². The molecule has 1 aliphatic heterocycles. The van der Waals surface area contributed by atoms with Crippen LogP contribution in [0.2, 0.25) is 0 Å². The number of ether oxygens (including phenoxy) is 1. The van der Waals surface area contributed by atoms with Gasteiger partial charge in [-0.15, -0.1) is 0 Å². The van der Waals surface area contributed by atoms with E-state index in [0.29, 0.717) is 31.8 Å². The van der Waals surface area contributed by atoms with Crippen molar-refractivity contribution in [3.05, 3.63) is 0 Å². The maximum Gasteiger partial charge on any atom is 0.307 e. The van der Waals surface area contributed by atoms with E-state index in [1.54, 1.807) is 12.0 Å². The molecule has 0 bridgehead atoms. The van der Waals surface area contributed by atoms with Crippen LogP contribution < -0.4 is 0 Å². The Labute approximate surface area is 107 Å². The van der Waals surface area contributed by atoms with Gasteiger partial charge in [-0.1, -0.05) is 6.92 Å². The molecule has 4 atom stereocenters. The molecule has 1 saturated carbocycles. The minimum Gasteiger partial charge on any atom is -0.481 e. The Morgan fingerprint density at radius 3 is 2.50 bits per heavy atom. The zero-order valence-electron chi connectivity index (χ0n) is 11.0. The Hall–Kier alpha value is -1.10. The standard InChI is InChI=1S/C13H21NO4/c1-8-5-10(11(6-8)13(16)17)12(15)14-4-3-9(7-14)18-2/h8-11H,3-7H2,1-2H3,(H,16,17)/t8?,9?,10-,11+/m0/s1. The molecule has 0 aromatic carbocycles. The molecule has 2 rings (SSSR count). The summed E-state index contributed by atoms with van der Waals surface area (Å²) < 4.78 is 5.24. The number of carboxylic acid groups (broad SMARTS) is 1. The topological polar surface area (TPSA) is 66.8 Å². The fourth-order valence-corrected chi connectivity index (χ4v) is 3.19. The van der Waals surface area contributed by atoms with Gasteiger partial charge in [-0.05, 0) is 25.2 Å². The molecule has 2 aliphatic rings. The largest absolute Gasteiger partial charge is 0.481 e. The highest BCUT2D eigenvalue weighted by Crippen LogP contribution is 2.38. The zero-order valence-corrected chi connectivity index (χ0v) is 11.0. The van der Waals surface area contributed by atoms with Crippen molar-refractivity contribution >= 4 is 11.9 Å². The highest BCUT2D eigenvalue weighted by molar-refractivity contribution is 5.85. The first-order valence-electron chi connectivity index (χ1n) is 6.57. The van der Waals surface area contributed by atoms with Gasteiger partial charge in [-0.3, -0.25) is 9.59 Å². The number of rotatable bonds is 3. The van der Waals surface area contributed by atoms with E-state index in [1.165, 1.54) is 0 Å². The second kappa shape index (κ2) is 5.26. The Bertz CT molecular complexity index is 344. The lowest BCUT2D eigenvalue weighted by atomic mass is 9.95. The molecular formula is C13H21NO4. The Kier molecular flexibility index (Phi) is 3.90. The van der Waals surface area contributed by atoms with Crippen LogP contribution in [0.25, 0.3) is 0 Å². The summed E-state index contributed by atoms with van der Waals surface area (Å²) in [7, 11) is 1.65. The third kappa shape index (κ3) is 2.51. The van der Waals surface area contributed by atoms with Crippen LogP contribution in [0.1, 0.15) is 26.2 Å². The predicted octanol–water partition coefficient (Wildman–Crippen LogP) is 0.981. The molecule has 0 radical (unpaired) electrons. The highest BCUT2D eigenvalue weighted by Gasteiger charge is 2.43. The van der Waals surface area contributed by atoms with E-state index in [0.717, 1.165) is 6.42 Å². The van der Waals surface area contributed by atoms with Gasteiger partial charge in [0.05, 0.1) is 17.9 Å². The van der Waals surface area contributed by atoms with Crippen LogP contribution >= 0.6 is 0 Å². The summed E-state index contributed by atoms with van der Waals surface area (Å²) in [5.41, 5.74) is 0. The van der Waals surface area contributed by atoms with Crippen molar-refractivity contribution in [2.45, 2.75) is 32.3 Å². The molecule has 0 spiro atoms. The molecule has 2 fully saturated rings. The first-order valence-corrected chi connectivity index (χ1v) is 6.57. The molecule has 0 aromatic heterocycles. The van der Waals surface area contributed by atoms with Crippen molar-refractivity contribution in [1.29, 1.82) is 0 Å². The molecule has 1 amide bonds. The fraction of sp³-hybridized carbons (Fsp3) is 0.846. The molecule has 1 aliphatic carbocycles. The smallest absolute Gasteiger partial charge is 0.307 e. The number of methoxy groups -OCH3 is 1. The normalized spacial score (nSPS) is 36.0. The zero-order chi connectivity index (χ0) is 13.3. The lowest BCUT2D eigenvalue weighted by Crippen LogP contribution is -2.38. The fourth-order valence-electron chi connectivity index (χ4n) is 3.19. The molecule has 1 saturated heterocycles. The van der Waals surface area contributed by atoms with Crippen LogP contribution in [0, 0.1) is 17.8 Å². The van der Waals surface area contributed by atoms with E-state index in [9.17, 15) is 14.7 Å². The first kappa shape index (κ1) is 13.3. The quantitative estimate of drug-likeness (QED) is 0.816. The number of hydrogen-bond acceptors (Lipinski definition) is 3. The van der Waals surface area contributed by atoms with E-state index < -0.39 is 11.9 Å². The van der Waals surface area contributed by atoms with E-state index in [2.05, 4.69) is 0 Å². The summed E-state index contributed by atoms with van der Waals surface area (Å²) in [5, 5.41) is 9.20. The van der Waals surface area contributed by atoms with Crippen molar-refractivity contribution in [3.63, 3.8) is 0 Å². The number of aliphatic carboxylic acids is 1. The first-order chi connectivity index (χ1) is 8.52. The van der Waals surface area contributed by atoms with Gasteiger partial charge in [0.25, 0.3) is 0 Å². The monoisotopic (exact) mass is 255 g/mol. The highest BCUT2D eigenvalue weighted by atomic mass is 16.5. The third-order valence-electron chi connectivity index (χ3n) is 4.22. The van der Waals surface area contributed by atoms with E-state index in [-0.39, 0.29) is 17.9 Å². The van der Waals surface area contributed by atoms with Crippen LogP contribution in [0.5, 0.6) is 0 Å². The summed E-state index contributed by atoms with van der Waals surface area (Å²) in [6, 6.07) is 0. The Morgan fingerprint density at radius 1 is 1.28 bits per heavy atom. The number of likely N-dealkylation sites (tertiary alicyclic amines) is 1. The van der Waals surface area contributed by atoms with Crippen LogP contribution in [0.4, 0.5) is 0 Å². The van der Waals surface area contributed by atoms with Gasteiger partial charge in [0.2, 0.25) is 5.91 Å². The Morgan fingerprint density at radius 2 is 1.94 bits per heavy atom. The van der Waals surface area contributed by atoms with Crippen molar-refractivity contribution < 1.29 is 19.4 Å². The molecule has 1 N–H and O–H groups in total. The molecule has 5 nitrogen and oxygen atoms in total. The molecule has 18 heavy (non-hydrogen) atoms. The summed E-state index contributed by atoms with van der Waals surface area (Å²) in [6.07, 6.45) is 2.27. The van der Waals surface area contributed by atoms with Crippen molar-refractivity contribution in [1.82, 2.24) is 4.90 Å². The van der Waals surface area contributed by atoms with Crippen molar-refractivity contribution in [3.8, 4) is 0 Å². The molecule has 102 valence electrons. The number of carbonyl (C=O) groups is 2. The van der Waals surface area contributed by atoms with E-state index >= 15 is 0 Å². The number of nitrogens with zero attached hydrogens (tertiary/aromatic N) is 1. The van der Waals surface area contributed by atoms with Crippen LogP contribution in [-0.2, 0) is 14.3 Å². The van der Waals surface area contributed by atoms with Gasteiger partial charge in [-0.2, -0.15) is 0 Å². The number of carbonyl (C=O) groups excluding carboxylic acids is 1. The van der Waals surface area contributed by atoms with E-state index in [1.807, 2.05) is 6.92 Å². The molecular weight excluding hydrogens is 234 g/mol. The summed E-state index contributed by atoms with van der Waals surface area (Å²) in [5.74, 6) is -1.35. The minimum absolute atomic E-state index is 0.00583. The van der Waals surface area contributed by atoms with Crippen LogP contribution in [-0.4, -0.2) is 48.2 Å². The molecule has 0 aromatic rings. The predicted molar refractivity (Wildman–Crippen MR) is 65.0 cm³/mol. The van der Waals surface area contributed by atoms with Crippen LogP contribution in [0.3, 0.4) is 0 Å². The van der Waals surface area contributed by atoms with Crippen molar-refractivity contribution in [2.24, 2.45) is 17.8 Å². The van der Waals surface area contributed by atoms with E-state index in [4.69, 9.17) is 4.74 Å². The maximum absolute atomic E-state index is 12.4. The summed E-state index contributed by atoms with van der Waals surface area (Å²) in [4.78, 5) is 25.3. The summed E-state index contributed by atoms with van der Waals surface area (Å²) >= 11 is 0. The number of carboxylic acids is 1. The van der Waals surface area contributed by atoms with Gasteiger partial charge in [0, 0.05) is 20.2 Å². The Balaban J connectivity index is 2.02. The molecule has 5 heteroatoms. The number of hydrogen-bond donors (Lipinski definition) is 1. The van der Waals surface area contributed by atoms with Gasteiger partial charge < -0.3 is 14.7 Å². The van der Waals surface area contributed by atoms with Gasteiger partial charge >= 0.3 is 5.97 Å². The SMILES string of the molecule is COC1CCN(C(=O)[C@H]2CC(C)C[C@H]2C(=O)O)C1.